The largest absolute Gasteiger partial charge is 0.497 e. The quantitative estimate of drug-likeness (QED) is 0.828. The van der Waals surface area contributed by atoms with Crippen molar-refractivity contribution in [1.29, 1.82) is 0 Å². The first-order valence-corrected chi connectivity index (χ1v) is 9.76. The number of hydrogen-bond acceptors (Lipinski definition) is 4. The molecule has 6 heteroatoms. The zero-order valence-electron chi connectivity index (χ0n) is 13.8. The Morgan fingerprint density at radius 3 is 2.80 bits per heavy atom. The Hall–Kier alpha value is -2.31. The summed E-state index contributed by atoms with van der Waals surface area (Å²) in [4.78, 5) is 0.159. The van der Waals surface area contributed by atoms with Crippen LogP contribution in [0.2, 0.25) is 0 Å². The highest BCUT2D eigenvalue weighted by Gasteiger charge is 2.38. The molecule has 1 aliphatic carbocycles. The van der Waals surface area contributed by atoms with Crippen molar-refractivity contribution in [3.05, 3.63) is 65.7 Å². The molecule has 1 heterocycles. The Kier molecular flexibility index (Phi) is 3.81. The first-order chi connectivity index (χ1) is 12.0. The average molecular weight is 356 g/mol. The maximum absolute atomic E-state index is 11.7. The molecule has 0 radical (unpaired) electrons. The minimum Gasteiger partial charge on any atom is -0.497 e. The van der Waals surface area contributed by atoms with Crippen LogP contribution in [0.1, 0.15) is 29.5 Å². The zero-order chi connectivity index (χ0) is 17.6. The van der Waals surface area contributed by atoms with Crippen molar-refractivity contribution in [3.8, 4) is 5.75 Å². The second-order valence-electron chi connectivity index (χ2n) is 6.55. The molecule has 0 saturated carbocycles. The number of fused-ring (bicyclic) bond motifs is 3. The number of benzene rings is 2. The number of nitrogens with two attached hydrogens (primary N) is 1. The lowest BCUT2D eigenvalue weighted by Crippen LogP contribution is -2.29. The third-order valence-corrected chi connectivity index (χ3v) is 6.03. The van der Waals surface area contributed by atoms with Gasteiger partial charge in [0, 0.05) is 11.6 Å². The Morgan fingerprint density at radius 1 is 1.20 bits per heavy atom. The van der Waals surface area contributed by atoms with E-state index in [1.807, 2.05) is 18.2 Å². The molecule has 0 spiro atoms. The Balaban J connectivity index is 1.78. The SMILES string of the molecule is COc1cccc(C2Nc3ccc(S(N)(=O)=O)cc3C3C=CCC32)c1. The van der Waals surface area contributed by atoms with Gasteiger partial charge in [-0.3, -0.25) is 0 Å². The van der Waals surface area contributed by atoms with E-state index >= 15 is 0 Å². The van der Waals surface area contributed by atoms with Crippen LogP contribution in [0.3, 0.4) is 0 Å². The number of hydrogen-bond donors (Lipinski definition) is 2. The maximum atomic E-state index is 11.7. The van der Waals surface area contributed by atoms with Gasteiger partial charge >= 0.3 is 0 Å². The molecule has 3 atom stereocenters. The average Bonchev–Trinajstić information content (AvgIpc) is 3.10. The lowest BCUT2D eigenvalue weighted by atomic mass is 9.77. The molecular formula is C19H20N2O3S. The summed E-state index contributed by atoms with van der Waals surface area (Å²) in [6, 6.07) is 13.3. The third-order valence-electron chi connectivity index (χ3n) is 5.12. The van der Waals surface area contributed by atoms with Crippen LogP contribution in [0.4, 0.5) is 5.69 Å². The number of sulfonamides is 1. The van der Waals surface area contributed by atoms with Crippen LogP contribution in [-0.4, -0.2) is 15.5 Å². The summed E-state index contributed by atoms with van der Waals surface area (Å²) < 4.78 is 28.7. The summed E-state index contributed by atoms with van der Waals surface area (Å²) in [6.45, 7) is 0. The van der Waals surface area contributed by atoms with Crippen molar-refractivity contribution in [2.45, 2.75) is 23.3 Å². The van der Waals surface area contributed by atoms with Crippen LogP contribution in [0, 0.1) is 5.92 Å². The molecule has 3 N–H and O–H groups in total. The Bertz CT molecular complexity index is 953. The fraction of sp³-hybridized carbons (Fsp3) is 0.263. The van der Waals surface area contributed by atoms with Gasteiger partial charge in [-0.1, -0.05) is 24.3 Å². The van der Waals surface area contributed by atoms with Gasteiger partial charge in [0.1, 0.15) is 5.75 Å². The summed E-state index contributed by atoms with van der Waals surface area (Å²) in [7, 11) is -2.04. The molecule has 2 aliphatic rings. The molecule has 0 fully saturated rings. The Labute approximate surface area is 147 Å². The van der Waals surface area contributed by atoms with Gasteiger partial charge in [0.05, 0.1) is 18.0 Å². The van der Waals surface area contributed by atoms with Crippen molar-refractivity contribution in [2.24, 2.45) is 11.1 Å². The molecule has 1 aliphatic heterocycles. The monoisotopic (exact) mass is 356 g/mol. The van der Waals surface area contributed by atoms with Crippen molar-refractivity contribution >= 4 is 15.7 Å². The van der Waals surface area contributed by atoms with E-state index in [4.69, 9.17) is 9.88 Å². The van der Waals surface area contributed by atoms with Crippen LogP contribution >= 0.6 is 0 Å². The normalized spacial score (nSPS) is 24.3. The van der Waals surface area contributed by atoms with Gasteiger partial charge in [-0.25, -0.2) is 13.6 Å². The Morgan fingerprint density at radius 2 is 2.04 bits per heavy atom. The lowest BCUT2D eigenvalue weighted by molar-refractivity contribution is 0.406. The molecule has 0 amide bonds. The van der Waals surface area contributed by atoms with Crippen LogP contribution in [0.15, 0.2) is 59.5 Å². The van der Waals surface area contributed by atoms with Crippen molar-refractivity contribution < 1.29 is 13.2 Å². The van der Waals surface area contributed by atoms with E-state index in [1.54, 1.807) is 19.2 Å². The predicted molar refractivity (Wildman–Crippen MR) is 97.2 cm³/mol. The molecule has 4 rings (SSSR count). The van der Waals surface area contributed by atoms with E-state index in [9.17, 15) is 8.42 Å². The number of anilines is 1. The van der Waals surface area contributed by atoms with E-state index in [-0.39, 0.29) is 16.9 Å². The first-order valence-electron chi connectivity index (χ1n) is 8.21. The summed E-state index contributed by atoms with van der Waals surface area (Å²) in [5.74, 6) is 1.33. The molecule has 2 aromatic rings. The standard InChI is InChI=1S/C19H20N2O3S/c1-24-13-5-2-4-12(10-13)19-16-7-3-6-15(16)17-11-14(25(20,22)23)8-9-18(17)21-19/h2-6,8-11,15-16,19,21H,7H2,1H3,(H2,20,22,23). The highest BCUT2D eigenvalue weighted by atomic mass is 32.2. The van der Waals surface area contributed by atoms with Gasteiger partial charge < -0.3 is 10.1 Å². The molecule has 0 saturated heterocycles. The number of allylic oxidation sites excluding steroid dienone is 2. The number of methoxy groups -OCH3 is 1. The minimum absolute atomic E-state index is 0.142. The summed E-state index contributed by atoms with van der Waals surface area (Å²) >= 11 is 0. The van der Waals surface area contributed by atoms with Gasteiger partial charge in [0.25, 0.3) is 0 Å². The second kappa shape index (κ2) is 5.89. The molecule has 0 bridgehead atoms. The summed E-state index contributed by atoms with van der Waals surface area (Å²) in [5, 5.41) is 8.88. The molecule has 25 heavy (non-hydrogen) atoms. The van der Waals surface area contributed by atoms with Gasteiger partial charge in [0.15, 0.2) is 0 Å². The fourth-order valence-electron chi connectivity index (χ4n) is 3.91. The van der Waals surface area contributed by atoms with Gasteiger partial charge in [-0.15, -0.1) is 0 Å². The van der Waals surface area contributed by atoms with E-state index in [0.717, 1.165) is 23.4 Å². The highest BCUT2D eigenvalue weighted by Crippen LogP contribution is 2.50. The lowest BCUT2D eigenvalue weighted by Gasteiger charge is -2.37. The van der Waals surface area contributed by atoms with Gasteiger partial charge in [-0.05, 0) is 53.8 Å². The van der Waals surface area contributed by atoms with Crippen LogP contribution < -0.4 is 15.2 Å². The summed E-state index contributed by atoms with van der Waals surface area (Å²) in [6.07, 6.45) is 5.28. The second-order valence-corrected chi connectivity index (χ2v) is 8.11. The number of primary sulfonamides is 1. The highest BCUT2D eigenvalue weighted by molar-refractivity contribution is 7.89. The molecule has 130 valence electrons. The first kappa shape index (κ1) is 16.2. The van der Waals surface area contributed by atoms with Crippen molar-refractivity contribution in [1.82, 2.24) is 0 Å². The smallest absolute Gasteiger partial charge is 0.238 e. The molecule has 2 aromatic carbocycles. The van der Waals surface area contributed by atoms with E-state index in [1.165, 1.54) is 5.56 Å². The van der Waals surface area contributed by atoms with E-state index in [2.05, 4.69) is 29.6 Å². The topological polar surface area (TPSA) is 81.4 Å². The van der Waals surface area contributed by atoms with Crippen LogP contribution in [0.25, 0.3) is 0 Å². The number of ether oxygens (including phenoxy) is 1. The molecule has 3 unspecified atom stereocenters. The number of nitrogens with one attached hydrogen (secondary N) is 1. The number of rotatable bonds is 3. The summed E-state index contributed by atoms with van der Waals surface area (Å²) in [5.41, 5.74) is 3.11. The predicted octanol–water partition coefficient (Wildman–Crippen LogP) is 3.17. The third kappa shape index (κ3) is 2.81. The van der Waals surface area contributed by atoms with Gasteiger partial charge in [0.2, 0.25) is 10.0 Å². The maximum Gasteiger partial charge on any atom is 0.238 e. The van der Waals surface area contributed by atoms with Crippen molar-refractivity contribution in [3.63, 3.8) is 0 Å². The minimum atomic E-state index is -3.71. The van der Waals surface area contributed by atoms with Gasteiger partial charge in [-0.2, -0.15) is 0 Å². The fourth-order valence-corrected chi connectivity index (χ4v) is 4.46. The molecular weight excluding hydrogens is 336 g/mol. The van der Waals surface area contributed by atoms with Crippen LogP contribution in [-0.2, 0) is 10.0 Å². The van der Waals surface area contributed by atoms with Crippen molar-refractivity contribution in [2.75, 3.05) is 12.4 Å². The van der Waals surface area contributed by atoms with E-state index < -0.39 is 10.0 Å². The molecule has 5 nitrogen and oxygen atoms in total. The van der Waals surface area contributed by atoms with E-state index in [0.29, 0.717) is 5.92 Å². The molecule has 0 aromatic heterocycles. The van der Waals surface area contributed by atoms with Crippen LogP contribution in [0.5, 0.6) is 5.75 Å². The zero-order valence-corrected chi connectivity index (χ0v) is 14.7.